The second-order valence-electron chi connectivity index (χ2n) is 6.43. The van der Waals surface area contributed by atoms with Crippen LogP contribution in [-0.2, 0) is 11.2 Å². The van der Waals surface area contributed by atoms with Gasteiger partial charge in [0.1, 0.15) is 0 Å². The molecule has 0 heterocycles. The number of ether oxygens (including phenoxy) is 2. The SMILES string of the molecule is COc1ccc(S[C@@H](C)C(=O)N[C@H]2CCCc3ccccc32)cc1OC. The Bertz CT molecular complexity index is 778. The monoisotopic (exact) mass is 371 g/mol. The number of amides is 1. The van der Waals surface area contributed by atoms with Gasteiger partial charge in [0.2, 0.25) is 5.91 Å². The number of carbonyl (C=O) groups excluding carboxylic acids is 1. The molecule has 0 saturated carbocycles. The Morgan fingerprint density at radius 1 is 1.15 bits per heavy atom. The van der Waals surface area contributed by atoms with Crippen molar-refractivity contribution in [1.82, 2.24) is 5.32 Å². The Balaban J connectivity index is 1.66. The van der Waals surface area contributed by atoms with Crippen LogP contribution in [0.2, 0.25) is 0 Å². The maximum Gasteiger partial charge on any atom is 0.233 e. The normalized spacial score (nSPS) is 17.1. The van der Waals surface area contributed by atoms with Crippen LogP contribution < -0.4 is 14.8 Å². The van der Waals surface area contributed by atoms with Crippen molar-refractivity contribution >= 4 is 17.7 Å². The molecule has 0 aromatic heterocycles. The third kappa shape index (κ3) is 4.15. The standard InChI is InChI=1S/C21H25NO3S/c1-14(26-16-11-12-19(24-2)20(13-16)25-3)21(23)22-18-10-6-8-15-7-4-5-9-17(15)18/h4-5,7,9,11-14,18H,6,8,10H2,1-3H3,(H,22,23)/t14-,18-/m0/s1. The van der Waals surface area contributed by atoms with Gasteiger partial charge in [-0.2, -0.15) is 0 Å². The van der Waals surface area contributed by atoms with Crippen LogP contribution in [0.25, 0.3) is 0 Å². The van der Waals surface area contributed by atoms with Crippen molar-refractivity contribution in [2.75, 3.05) is 14.2 Å². The molecule has 0 saturated heterocycles. The van der Waals surface area contributed by atoms with E-state index in [-0.39, 0.29) is 17.2 Å². The number of nitrogens with one attached hydrogen (secondary N) is 1. The molecule has 1 aliphatic rings. The van der Waals surface area contributed by atoms with E-state index in [1.54, 1.807) is 14.2 Å². The Labute approximate surface area is 159 Å². The molecule has 2 atom stereocenters. The zero-order valence-electron chi connectivity index (χ0n) is 15.5. The van der Waals surface area contributed by atoms with Crippen LogP contribution in [0.1, 0.15) is 36.9 Å². The molecule has 0 fully saturated rings. The van der Waals surface area contributed by atoms with Gasteiger partial charge in [0.25, 0.3) is 0 Å². The lowest BCUT2D eigenvalue weighted by Crippen LogP contribution is -2.35. The van der Waals surface area contributed by atoms with Crippen molar-refractivity contribution in [2.45, 2.75) is 42.4 Å². The third-order valence-corrected chi connectivity index (χ3v) is 5.82. The highest BCUT2D eigenvalue weighted by molar-refractivity contribution is 8.00. The Morgan fingerprint density at radius 3 is 2.69 bits per heavy atom. The lowest BCUT2D eigenvalue weighted by molar-refractivity contribution is -0.121. The fourth-order valence-electron chi connectivity index (χ4n) is 3.34. The number of thioether (sulfide) groups is 1. The molecule has 0 aliphatic heterocycles. The van der Waals surface area contributed by atoms with Crippen LogP contribution in [0.4, 0.5) is 0 Å². The predicted octanol–water partition coefficient (Wildman–Crippen LogP) is 4.38. The van der Waals surface area contributed by atoms with E-state index in [0.29, 0.717) is 11.5 Å². The number of methoxy groups -OCH3 is 2. The van der Waals surface area contributed by atoms with Crippen molar-refractivity contribution in [3.8, 4) is 11.5 Å². The topological polar surface area (TPSA) is 47.6 Å². The van der Waals surface area contributed by atoms with Crippen LogP contribution in [0.15, 0.2) is 47.4 Å². The molecule has 4 nitrogen and oxygen atoms in total. The molecule has 1 N–H and O–H groups in total. The zero-order chi connectivity index (χ0) is 18.5. The van der Waals surface area contributed by atoms with Gasteiger partial charge in [-0.3, -0.25) is 4.79 Å². The molecule has 0 radical (unpaired) electrons. The van der Waals surface area contributed by atoms with Gasteiger partial charge in [-0.25, -0.2) is 0 Å². The number of carbonyl (C=O) groups is 1. The van der Waals surface area contributed by atoms with E-state index < -0.39 is 0 Å². The van der Waals surface area contributed by atoms with E-state index in [9.17, 15) is 4.79 Å². The molecule has 0 bridgehead atoms. The Hall–Kier alpha value is -2.14. The summed E-state index contributed by atoms with van der Waals surface area (Å²) >= 11 is 1.52. The van der Waals surface area contributed by atoms with Crippen LogP contribution >= 0.6 is 11.8 Å². The van der Waals surface area contributed by atoms with Gasteiger partial charge in [-0.05, 0) is 55.5 Å². The summed E-state index contributed by atoms with van der Waals surface area (Å²) in [5.41, 5.74) is 2.61. The van der Waals surface area contributed by atoms with Gasteiger partial charge in [-0.1, -0.05) is 24.3 Å². The molecule has 26 heavy (non-hydrogen) atoms. The molecular formula is C21H25NO3S. The van der Waals surface area contributed by atoms with E-state index in [4.69, 9.17) is 9.47 Å². The van der Waals surface area contributed by atoms with Gasteiger partial charge in [0.05, 0.1) is 25.5 Å². The van der Waals surface area contributed by atoms with Gasteiger partial charge in [-0.15, -0.1) is 11.8 Å². The minimum Gasteiger partial charge on any atom is -0.493 e. The first kappa shape index (κ1) is 18.6. The lowest BCUT2D eigenvalue weighted by Gasteiger charge is -2.27. The van der Waals surface area contributed by atoms with E-state index in [0.717, 1.165) is 24.2 Å². The number of aryl methyl sites for hydroxylation is 1. The maximum atomic E-state index is 12.7. The molecule has 0 unspecified atom stereocenters. The summed E-state index contributed by atoms with van der Waals surface area (Å²) in [5, 5.41) is 3.04. The summed E-state index contributed by atoms with van der Waals surface area (Å²) in [6.07, 6.45) is 3.20. The van der Waals surface area contributed by atoms with E-state index >= 15 is 0 Å². The predicted molar refractivity (Wildman–Crippen MR) is 105 cm³/mol. The van der Waals surface area contributed by atoms with Gasteiger partial charge in [0, 0.05) is 4.90 Å². The summed E-state index contributed by atoms with van der Waals surface area (Å²) in [6, 6.07) is 14.2. The third-order valence-electron chi connectivity index (χ3n) is 4.72. The first-order chi connectivity index (χ1) is 12.6. The number of hydrogen-bond donors (Lipinski definition) is 1. The Morgan fingerprint density at radius 2 is 1.92 bits per heavy atom. The van der Waals surface area contributed by atoms with Gasteiger partial charge >= 0.3 is 0 Å². The van der Waals surface area contributed by atoms with Crippen LogP contribution in [0.5, 0.6) is 11.5 Å². The second-order valence-corrected chi connectivity index (χ2v) is 7.84. The second kappa shape index (κ2) is 8.49. The first-order valence-corrected chi connectivity index (χ1v) is 9.77. The van der Waals surface area contributed by atoms with Gasteiger partial charge < -0.3 is 14.8 Å². The highest BCUT2D eigenvalue weighted by atomic mass is 32.2. The summed E-state index contributed by atoms with van der Waals surface area (Å²) in [6.45, 7) is 1.94. The summed E-state index contributed by atoms with van der Waals surface area (Å²) in [5.74, 6) is 1.42. The minimum absolute atomic E-state index is 0.0616. The lowest BCUT2D eigenvalue weighted by atomic mass is 9.88. The molecule has 138 valence electrons. The molecule has 1 aliphatic carbocycles. The molecule has 1 amide bonds. The van der Waals surface area contributed by atoms with Crippen LogP contribution in [-0.4, -0.2) is 25.4 Å². The summed E-state index contributed by atoms with van der Waals surface area (Å²) < 4.78 is 10.6. The largest absolute Gasteiger partial charge is 0.493 e. The number of fused-ring (bicyclic) bond motifs is 1. The average molecular weight is 372 g/mol. The Kier molecular flexibility index (Phi) is 6.09. The summed E-state index contributed by atoms with van der Waals surface area (Å²) in [4.78, 5) is 13.7. The molecule has 2 aromatic rings. The van der Waals surface area contributed by atoms with E-state index in [2.05, 4.69) is 23.5 Å². The quantitative estimate of drug-likeness (QED) is 0.766. The number of hydrogen-bond acceptors (Lipinski definition) is 4. The zero-order valence-corrected chi connectivity index (χ0v) is 16.3. The number of benzene rings is 2. The van der Waals surface area contributed by atoms with E-state index in [1.165, 1.54) is 22.9 Å². The average Bonchev–Trinajstić information content (AvgIpc) is 2.68. The van der Waals surface area contributed by atoms with Crippen molar-refractivity contribution in [1.29, 1.82) is 0 Å². The summed E-state index contributed by atoms with van der Waals surface area (Å²) in [7, 11) is 3.23. The fourth-order valence-corrected chi connectivity index (χ4v) is 4.25. The van der Waals surface area contributed by atoms with Crippen LogP contribution in [0, 0.1) is 0 Å². The smallest absolute Gasteiger partial charge is 0.233 e. The highest BCUT2D eigenvalue weighted by Gasteiger charge is 2.24. The highest BCUT2D eigenvalue weighted by Crippen LogP contribution is 2.34. The van der Waals surface area contributed by atoms with E-state index in [1.807, 2.05) is 31.2 Å². The maximum absolute atomic E-state index is 12.7. The van der Waals surface area contributed by atoms with Crippen LogP contribution in [0.3, 0.4) is 0 Å². The van der Waals surface area contributed by atoms with Gasteiger partial charge in [0.15, 0.2) is 11.5 Å². The molecule has 3 rings (SSSR count). The number of rotatable bonds is 6. The molecule has 5 heteroatoms. The first-order valence-electron chi connectivity index (χ1n) is 8.89. The molecular weight excluding hydrogens is 346 g/mol. The van der Waals surface area contributed by atoms with Crippen molar-refractivity contribution in [3.63, 3.8) is 0 Å². The fraction of sp³-hybridized carbons (Fsp3) is 0.381. The minimum atomic E-state index is -0.192. The van der Waals surface area contributed by atoms with Crippen molar-refractivity contribution in [3.05, 3.63) is 53.6 Å². The molecule has 2 aromatic carbocycles. The molecule has 0 spiro atoms. The van der Waals surface area contributed by atoms with Crippen molar-refractivity contribution in [2.24, 2.45) is 0 Å². The van der Waals surface area contributed by atoms with Crippen molar-refractivity contribution < 1.29 is 14.3 Å².